The van der Waals surface area contributed by atoms with Crippen LogP contribution >= 0.6 is 34.7 Å². The molecule has 1 aromatic heterocycles. The number of carbonyl (C=O) groups is 3. The van der Waals surface area contributed by atoms with Crippen LogP contribution in [0.25, 0.3) is 16.3 Å². The van der Waals surface area contributed by atoms with E-state index in [4.69, 9.17) is 16.3 Å². The van der Waals surface area contributed by atoms with Gasteiger partial charge in [0, 0.05) is 21.7 Å². The van der Waals surface area contributed by atoms with Crippen molar-refractivity contribution in [3.8, 4) is 5.75 Å². The molecule has 12 heteroatoms. The molecule has 8 nitrogen and oxygen atoms in total. The smallest absolute Gasteiger partial charge is 0.272 e. The van der Waals surface area contributed by atoms with Crippen LogP contribution in [0.2, 0.25) is 5.02 Å². The Morgan fingerprint density at radius 1 is 1.00 bits per heavy atom. The quantitative estimate of drug-likeness (QED) is 0.0967. The predicted molar refractivity (Wildman–Crippen MR) is 183 cm³/mol. The second kappa shape index (κ2) is 15.0. The molecule has 3 amide bonds. The van der Waals surface area contributed by atoms with Crippen LogP contribution in [0.4, 0.5) is 15.2 Å². The SMILES string of the molecule is CCOc1ccc2nc(NC(=O)C(C)Sc3cccc(NC(=O)/C(=C\c4c(F)cccc4Cl)NC(=O)c4ccccc4)c3)sc2c1. The summed E-state index contributed by atoms with van der Waals surface area (Å²) in [6.45, 7) is 4.24. The topological polar surface area (TPSA) is 109 Å². The van der Waals surface area contributed by atoms with E-state index in [0.29, 0.717) is 27.9 Å². The van der Waals surface area contributed by atoms with Gasteiger partial charge in [-0.3, -0.25) is 14.4 Å². The molecule has 0 saturated carbocycles. The van der Waals surface area contributed by atoms with Crippen molar-refractivity contribution >= 4 is 79.5 Å². The molecule has 0 spiro atoms. The standard InChI is InChI=1S/C34H28ClFN4O4S2/c1-3-44-23-15-16-28-30(18-23)46-34(39-28)40-31(41)20(2)45-24-12-7-11-22(17-24)37-33(43)29(19-25-26(35)13-8-14-27(25)36)38-32(42)21-9-5-4-6-10-21/h4-20H,3H2,1-2H3,(H,37,43)(H,38,42)(H,39,40,41)/b29-19+. The third kappa shape index (κ3) is 8.30. The Bertz CT molecular complexity index is 1910. The van der Waals surface area contributed by atoms with E-state index in [1.165, 1.54) is 47.4 Å². The van der Waals surface area contributed by atoms with Crippen molar-refractivity contribution in [3.05, 3.63) is 119 Å². The van der Waals surface area contributed by atoms with Gasteiger partial charge in [0.2, 0.25) is 5.91 Å². The number of benzene rings is 4. The van der Waals surface area contributed by atoms with Crippen LogP contribution in [0, 0.1) is 5.82 Å². The number of rotatable bonds is 11. The van der Waals surface area contributed by atoms with Gasteiger partial charge in [0.05, 0.1) is 27.1 Å². The molecule has 0 saturated heterocycles. The van der Waals surface area contributed by atoms with Gasteiger partial charge in [0.15, 0.2) is 5.13 Å². The van der Waals surface area contributed by atoms with E-state index in [2.05, 4.69) is 20.9 Å². The van der Waals surface area contributed by atoms with Crippen LogP contribution in [0.5, 0.6) is 5.75 Å². The maximum absolute atomic E-state index is 14.6. The number of nitrogens with zero attached hydrogens (tertiary/aromatic N) is 1. The zero-order chi connectivity index (χ0) is 32.6. The van der Waals surface area contributed by atoms with Crippen molar-refractivity contribution in [1.29, 1.82) is 0 Å². The number of ether oxygens (including phenoxy) is 1. The lowest BCUT2D eigenvalue weighted by Crippen LogP contribution is -2.30. The number of nitrogens with one attached hydrogen (secondary N) is 3. The number of thioether (sulfide) groups is 1. The van der Waals surface area contributed by atoms with Crippen molar-refractivity contribution in [1.82, 2.24) is 10.3 Å². The highest BCUT2D eigenvalue weighted by Gasteiger charge is 2.19. The fraction of sp³-hybridized carbons (Fsp3) is 0.118. The lowest BCUT2D eigenvalue weighted by Gasteiger charge is -2.14. The van der Waals surface area contributed by atoms with E-state index in [1.807, 2.05) is 31.2 Å². The zero-order valence-corrected chi connectivity index (χ0v) is 27.1. The monoisotopic (exact) mass is 674 g/mol. The van der Waals surface area contributed by atoms with Gasteiger partial charge in [-0.15, -0.1) is 11.8 Å². The first-order valence-corrected chi connectivity index (χ1v) is 16.2. The Labute approximate surface area is 278 Å². The molecule has 1 atom stereocenters. The maximum Gasteiger partial charge on any atom is 0.272 e. The highest BCUT2D eigenvalue weighted by Crippen LogP contribution is 2.31. The molecular weight excluding hydrogens is 647 g/mol. The van der Waals surface area contributed by atoms with E-state index in [1.54, 1.807) is 55.5 Å². The number of aromatic nitrogens is 1. The molecule has 1 heterocycles. The predicted octanol–water partition coefficient (Wildman–Crippen LogP) is 8.02. The average molecular weight is 675 g/mol. The van der Waals surface area contributed by atoms with E-state index >= 15 is 0 Å². The maximum atomic E-state index is 14.6. The highest BCUT2D eigenvalue weighted by molar-refractivity contribution is 8.00. The van der Waals surface area contributed by atoms with E-state index < -0.39 is 22.9 Å². The van der Waals surface area contributed by atoms with Gasteiger partial charge in [-0.2, -0.15) is 0 Å². The molecule has 0 radical (unpaired) electrons. The Kier molecular flexibility index (Phi) is 10.7. The second-order valence-electron chi connectivity index (χ2n) is 9.83. The normalized spacial score (nSPS) is 12.0. The lowest BCUT2D eigenvalue weighted by atomic mass is 10.1. The van der Waals surface area contributed by atoms with Crippen LogP contribution in [0.3, 0.4) is 0 Å². The zero-order valence-electron chi connectivity index (χ0n) is 24.7. The molecule has 0 bridgehead atoms. The summed E-state index contributed by atoms with van der Waals surface area (Å²) in [6, 6.07) is 24.9. The Morgan fingerprint density at radius 3 is 2.54 bits per heavy atom. The van der Waals surface area contributed by atoms with Gasteiger partial charge >= 0.3 is 0 Å². The van der Waals surface area contributed by atoms with Crippen molar-refractivity contribution in [2.45, 2.75) is 24.0 Å². The van der Waals surface area contributed by atoms with Crippen LogP contribution in [0.1, 0.15) is 29.8 Å². The summed E-state index contributed by atoms with van der Waals surface area (Å²) in [5.41, 5.74) is 1.22. The molecule has 234 valence electrons. The second-order valence-corrected chi connectivity index (χ2v) is 12.7. The number of carbonyl (C=O) groups excluding carboxylic acids is 3. The third-order valence-electron chi connectivity index (χ3n) is 6.49. The van der Waals surface area contributed by atoms with Crippen molar-refractivity contribution in [2.75, 3.05) is 17.2 Å². The lowest BCUT2D eigenvalue weighted by molar-refractivity contribution is -0.115. The van der Waals surface area contributed by atoms with Crippen molar-refractivity contribution in [3.63, 3.8) is 0 Å². The first-order chi connectivity index (χ1) is 22.2. The first kappa shape index (κ1) is 32.7. The van der Waals surface area contributed by atoms with E-state index in [-0.39, 0.29) is 22.2 Å². The number of hydrogen-bond acceptors (Lipinski definition) is 7. The van der Waals surface area contributed by atoms with Gasteiger partial charge in [-0.1, -0.05) is 53.3 Å². The van der Waals surface area contributed by atoms with Crippen molar-refractivity contribution < 1.29 is 23.5 Å². The van der Waals surface area contributed by atoms with Gasteiger partial charge < -0.3 is 20.7 Å². The fourth-order valence-electron chi connectivity index (χ4n) is 4.26. The number of halogens is 2. The molecule has 46 heavy (non-hydrogen) atoms. The number of fused-ring (bicyclic) bond motifs is 1. The largest absolute Gasteiger partial charge is 0.494 e. The summed E-state index contributed by atoms with van der Waals surface area (Å²) >= 11 is 8.86. The summed E-state index contributed by atoms with van der Waals surface area (Å²) in [4.78, 5) is 44.6. The fourth-order valence-corrected chi connectivity index (χ4v) is 6.30. The molecule has 0 aliphatic rings. The van der Waals surface area contributed by atoms with E-state index in [0.717, 1.165) is 16.0 Å². The molecule has 4 aromatic carbocycles. The van der Waals surface area contributed by atoms with Gasteiger partial charge in [-0.05, 0) is 80.6 Å². The van der Waals surface area contributed by atoms with Gasteiger partial charge in [-0.25, -0.2) is 9.37 Å². The van der Waals surface area contributed by atoms with Crippen LogP contribution in [-0.4, -0.2) is 34.6 Å². The molecular formula is C34H28ClFN4O4S2. The molecule has 0 fully saturated rings. The minimum atomic E-state index is -0.695. The Morgan fingerprint density at radius 2 is 1.78 bits per heavy atom. The Hall–Kier alpha value is -4.71. The summed E-state index contributed by atoms with van der Waals surface area (Å²) in [6.07, 6.45) is 1.19. The average Bonchev–Trinajstić information content (AvgIpc) is 3.44. The molecule has 0 aliphatic carbocycles. The minimum absolute atomic E-state index is 0.0466. The van der Waals surface area contributed by atoms with Crippen molar-refractivity contribution in [2.24, 2.45) is 0 Å². The summed E-state index contributed by atoms with van der Waals surface area (Å²) in [5, 5.41) is 8.26. The first-order valence-electron chi connectivity index (χ1n) is 14.1. The van der Waals surface area contributed by atoms with Crippen LogP contribution in [-0.2, 0) is 9.59 Å². The van der Waals surface area contributed by atoms with Crippen LogP contribution < -0.4 is 20.7 Å². The summed E-state index contributed by atoms with van der Waals surface area (Å²) in [7, 11) is 0. The van der Waals surface area contributed by atoms with E-state index in [9.17, 15) is 18.8 Å². The molecule has 1 unspecified atom stereocenters. The van der Waals surface area contributed by atoms with Gasteiger partial charge in [0.1, 0.15) is 17.3 Å². The highest BCUT2D eigenvalue weighted by atomic mass is 35.5. The summed E-state index contributed by atoms with van der Waals surface area (Å²) in [5.74, 6) is -1.40. The summed E-state index contributed by atoms with van der Waals surface area (Å²) < 4.78 is 21.1. The molecule has 5 rings (SSSR count). The minimum Gasteiger partial charge on any atom is -0.494 e. The number of thiazole rings is 1. The van der Waals surface area contributed by atoms with Gasteiger partial charge in [0.25, 0.3) is 11.8 Å². The molecule has 5 aromatic rings. The third-order valence-corrected chi connectivity index (χ3v) is 8.85. The number of hydrogen-bond donors (Lipinski definition) is 3. The van der Waals surface area contributed by atoms with Crippen LogP contribution in [0.15, 0.2) is 102 Å². The number of anilines is 2. The molecule has 3 N–H and O–H groups in total. The number of amides is 3. The Balaban J connectivity index is 1.29. The molecule has 0 aliphatic heterocycles.